The van der Waals surface area contributed by atoms with Crippen LogP contribution in [-0.2, 0) is 4.79 Å². The Kier molecular flexibility index (Phi) is 6.69. The van der Waals surface area contributed by atoms with E-state index in [2.05, 4.69) is 0 Å². The van der Waals surface area contributed by atoms with E-state index in [0.717, 1.165) is 5.56 Å². The van der Waals surface area contributed by atoms with Gasteiger partial charge in [-0.25, -0.2) is 0 Å². The summed E-state index contributed by atoms with van der Waals surface area (Å²) < 4.78 is 5.64. The summed E-state index contributed by atoms with van der Waals surface area (Å²) in [6.45, 7) is 6.33. The summed E-state index contributed by atoms with van der Waals surface area (Å²) in [6, 6.07) is 3.41. The van der Waals surface area contributed by atoms with Gasteiger partial charge in [-0.15, -0.1) is 0 Å². The van der Waals surface area contributed by atoms with Gasteiger partial charge in [0.15, 0.2) is 5.78 Å². The molecule has 1 aromatic carbocycles. The molecule has 0 fully saturated rings. The number of carboxylic acids is 1. The topological polar surface area (TPSA) is 63.6 Å². The number of Topliss-reactive ketones (excluding diaryl/α,β-unsaturated/α-hetero) is 1. The number of ketones is 1. The maximum atomic E-state index is 12.3. The van der Waals surface area contributed by atoms with Crippen molar-refractivity contribution in [3.05, 3.63) is 28.3 Å². The van der Waals surface area contributed by atoms with Crippen molar-refractivity contribution < 1.29 is 19.4 Å². The number of hydrogen-bond donors (Lipinski definition) is 1. The fourth-order valence-electron chi connectivity index (χ4n) is 2.09. The third kappa shape index (κ3) is 5.05. The fraction of sp³-hybridized carbons (Fsp3) is 0.500. The van der Waals surface area contributed by atoms with E-state index in [-0.39, 0.29) is 24.5 Å². The van der Waals surface area contributed by atoms with Crippen LogP contribution in [0.4, 0.5) is 0 Å². The Bertz CT molecular complexity index is 523. The normalized spacial score (nSPS) is 10.7. The number of benzene rings is 1. The molecule has 0 radical (unpaired) electrons. The molecule has 0 bridgehead atoms. The molecule has 0 heterocycles. The van der Waals surface area contributed by atoms with Crippen LogP contribution in [0.15, 0.2) is 12.1 Å². The lowest BCUT2D eigenvalue weighted by atomic mass is 9.95. The van der Waals surface area contributed by atoms with E-state index in [4.69, 9.17) is 21.4 Å². The number of hydrogen-bond acceptors (Lipinski definition) is 3. The lowest BCUT2D eigenvalue weighted by Crippen LogP contribution is -2.08. The van der Waals surface area contributed by atoms with Crippen molar-refractivity contribution in [3.63, 3.8) is 0 Å². The van der Waals surface area contributed by atoms with E-state index in [0.29, 0.717) is 29.4 Å². The van der Waals surface area contributed by atoms with Crippen molar-refractivity contribution in [2.75, 3.05) is 6.61 Å². The molecule has 116 valence electrons. The van der Waals surface area contributed by atoms with Gasteiger partial charge in [0.2, 0.25) is 0 Å². The van der Waals surface area contributed by atoms with E-state index >= 15 is 0 Å². The summed E-state index contributed by atoms with van der Waals surface area (Å²) in [5.74, 6) is -0.293. The van der Waals surface area contributed by atoms with Crippen molar-refractivity contribution in [2.45, 2.75) is 46.0 Å². The van der Waals surface area contributed by atoms with Gasteiger partial charge in [0.05, 0.1) is 12.2 Å². The number of rotatable bonds is 8. The molecule has 0 aromatic heterocycles. The minimum Gasteiger partial charge on any atom is -0.493 e. The zero-order chi connectivity index (χ0) is 16.0. The minimum atomic E-state index is -0.901. The summed E-state index contributed by atoms with van der Waals surface area (Å²) in [6.07, 6.45) is 0.459. The largest absolute Gasteiger partial charge is 0.493 e. The molecule has 0 unspecified atom stereocenters. The molecule has 4 nitrogen and oxygen atoms in total. The second-order valence-corrected chi connectivity index (χ2v) is 5.57. The predicted octanol–water partition coefficient (Wildman–Crippen LogP) is 4.30. The maximum Gasteiger partial charge on any atom is 0.303 e. The average molecular weight is 313 g/mol. The molecule has 0 aliphatic rings. The van der Waals surface area contributed by atoms with E-state index in [1.54, 1.807) is 6.07 Å². The average Bonchev–Trinajstić information content (AvgIpc) is 2.39. The van der Waals surface area contributed by atoms with Crippen molar-refractivity contribution in [2.24, 2.45) is 0 Å². The second-order valence-electron chi connectivity index (χ2n) is 5.13. The molecule has 0 saturated carbocycles. The highest BCUT2D eigenvalue weighted by molar-refractivity contribution is 6.31. The van der Waals surface area contributed by atoms with Gasteiger partial charge in [-0.1, -0.05) is 25.4 Å². The van der Waals surface area contributed by atoms with Crippen LogP contribution >= 0.6 is 11.6 Å². The van der Waals surface area contributed by atoms with Gasteiger partial charge in [0, 0.05) is 17.9 Å². The molecule has 0 aliphatic carbocycles. The molecule has 1 rings (SSSR count). The van der Waals surface area contributed by atoms with Crippen LogP contribution in [0.3, 0.4) is 0 Å². The summed E-state index contributed by atoms with van der Waals surface area (Å²) >= 11 is 6.09. The number of carbonyl (C=O) groups excluding carboxylic acids is 1. The van der Waals surface area contributed by atoms with Crippen LogP contribution in [0.2, 0.25) is 5.02 Å². The molecule has 1 N–H and O–H groups in total. The molecular weight excluding hydrogens is 292 g/mol. The molecule has 21 heavy (non-hydrogen) atoms. The lowest BCUT2D eigenvalue weighted by molar-refractivity contribution is -0.137. The van der Waals surface area contributed by atoms with Crippen LogP contribution in [0.25, 0.3) is 0 Å². The first-order valence-corrected chi connectivity index (χ1v) is 7.45. The summed E-state index contributed by atoms with van der Waals surface area (Å²) in [7, 11) is 0. The Morgan fingerprint density at radius 2 is 1.95 bits per heavy atom. The third-order valence-electron chi connectivity index (χ3n) is 3.09. The fourth-order valence-corrected chi connectivity index (χ4v) is 2.32. The first kappa shape index (κ1) is 17.5. The van der Waals surface area contributed by atoms with Crippen molar-refractivity contribution >= 4 is 23.4 Å². The highest BCUT2D eigenvalue weighted by Gasteiger charge is 2.19. The molecular formula is C16H21ClO4. The van der Waals surface area contributed by atoms with Crippen LogP contribution < -0.4 is 4.74 Å². The van der Waals surface area contributed by atoms with Crippen LogP contribution in [0.5, 0.6) is 5.75 Å². The molecule has 1 aromatic rings. The van der Waals surface area contributed by atoms with Gasteiger partial charge in [-0.05, 0) is 37.0 Å². The number of carbonyl (C=O) groups is 2. The highest BCUT2D eigenvalue weighted by atomic mass is 35.5. The van der Waals surface area contributed by atoms with E-state index < -0.39 is 5.97 Å². The number of ether oxygens (including phenoxy) is 1. The maximum absolute atomic E-state index is 12.3. The number of carboxylic acid groups (broad SMARTS) is 1. The first-order chi connectivity index (χ1) is 9.86. The van der Waals surface area contributed by atoms with Gasteiger partial charge >= 0.3 is 5.97 Å². The van der Waals surface area contributed by atoms with Gasteiger partial charge in [0.25, 0.3) is 0 Å². The summed E-state index contributed by atoms with van der Waals surface area (Å²) in [5, 5.41) is 9.13. The smallest absolute Gasteiger partial charge is 0.303 e. The van der Waals surface area contributed by atoms with Crippen molar-refractivity contribution in [1.82, 2.24) is 0 Å². The molecule has 0 aliphatic heterocycles. The standard InChI is InChI=1S/C16H21ClO4/c1-4-21-16-12(10(2)3)8-11(17)9-13(16)14(18)6-5-7-15(19)20/h8-10H,4-7H2,1-3H3,(H,19,20). The SMILES string of the molecule is CCOc1c(C(=O)CCCC(=O)O)cc(Cl)cc1C(C)C. The van der Waals surface area contributed by atoms with E-state index in [1.165, 1.54) is 0 Å². The Morgan fingerprint density at radius 1 is 1.29 bits per heavy atom. The summed E-state index contributed by atoms with van der Waals surface area (Å²) in [4.78, 5) is 22.8. The third-order valence-corrected chi connectivity index (χ3v) is 3.31. The van der Waals surface area contributed by atoms with Crippen molar-refractivity contribution in [1.29, 1.82) is 0 Å². The molecule has 5 heteroatoms. The zero-order valence-electron chi connectivity index (χ0n) is 12.6. The molecule has 0 atom stereocenters. The van der Waals surface area contributed by atoms with Crippen molar-refractivity contribution in [3.8, 4) is 5.75 Å². The monoisotopic (exact) mass is 312 g/mol. The van der Waals surface area contributed by atoms with Gasteiger partial charge in [-0.3, -0.25) is 9.59 Å². The predicted molar refractivity (Wildman–Crippen MR) is 82.5 cm³/mol. The summed E-state index contributed by atoms with van der Waals surface area (Å²) in [5.41, 5.74) is 1.34. The Labute approximate surface area is 130 Å². The van der Waals surface area contributed by atoms with Crippen LogP contribution in [0, 0.1) is 0 Å². The number of aliphatic carboxylic acids is 1. The molecule has 0 amide bonds. The van der Waals surface area contributed by atoms with E-state index in [9.17, 15) is 9.59 Å². The van der Waals surface area contributed by atoms with Crippen LogP contribution in [0.1, 0.15) is 61.9 Å². The molecule has 0 saturated heterocycles. The molecule has 0 spiro atoms. The van der Waals surface area contributed by atoms with Gasteiger partial charge in [-0.2, -0.15) is 0 Å². The van der Waals surface area contributed by atoms with Gasteiger partial charge in [0.1, 0.15) is 5.75 Å². The quantitative estimate of drug-likeness (QED) is 0.727. The van der Waals surface area contributed by atoms with E-state index in [1.807, 2.05) is 26.8 Å². The highest BCUT2D eigenvalue weighted by Crippen LogP contribution is 2.34. The Morgan fingerprint density at radius 3 is 2.48 bits per heavy atom. The van der Waals surface area contributed by atoms with Gasteiger partial charge < -0.3 is 9.84 Å². The lowest BCUT2D eigenvalue weighted by Gasteiger charge is -2.17. The number of halogens is 1. The van der Waals surface area contributed by atoms with Crippen LogP contribution in [-0.4, -0.2) is 23.5 Å². The Balaban J connectivity index is 3.08. The first-order valence-electron chi connectivity index (χ1n) is 7.08. The minimum absolute atomic E-state index is 0.0205. The second kappa shape index (κ2) is 8.03. The Hall–Kier alpha value is -1.55. The zero-order valence-corrected chi connectivity index (χ0v) is 13.4.